The van der Waals surface area contributed by atoms with Crippen LogP contribution >= 0.6 is 0 Å². The maximum absolute atomic E-state index is 11.4. The summed E-state index contributed by atoms with van der Waals surface area (Å²) in [6.07, 6.45) is 0. The molecule has 0 unspecified atom stereocenters. The Hall–Kier alpha value is -2.84. The summed E-state index contributed by atoms with van der Waals surface area (Å²) >= 11 is 0. The lowest BCUT2D eigenvalue weighted by molar-refractivity contribution is -0.394. The summed E-state index contributed by atoms with van der Waals surface area (Å²) in [5, 5.41) is 23.0. The van der Waals surface area contributed by atoms with Crippen LogP contribution in [0.2, 0.25) is 0 Å². The maximum atomic E-state index is 11.4. The second-order valence-electron chi connectivity index (χ2n) is 3.26. The zero-order chi connectivity index (χ0) is 13.9. The number of carbonyl (C=O) groups is 2. The summed E-state index contributed by atoms with van der Waals surface area (Å²) in [6.45, 7) is 1.07. The predicted molar refractivity (Wildman–Crippen MR) is 57.9 cm³/mol. The molecule has 0 saturated heterocycles. The third kappa shape index (κ3) is 3.07. The van der Waals surface area contributed by atoms with Gasteiger partial charge in [-0.1, -0.05) is 0 Å². The Kier molecular flexibility index (Phi) is 3.67. The zero-order valence-electron chi connectivity index (χ0n) is 9.08. The number of hydrogen-bond donors (Lipinski definition) is 1. The van der Waals surface area contributed by atoms with Crippen LogP contribution in [0.5, 0.6) is 0 Å². The van der Waals surface area contributed by atoms with Crippen LogP contribution in [-0.2, 0) is 4.79 Å². The average Bonchev–Trinajstić information content (AvgIpc) is 2.27. The predicted octanol–water partition coefficient (Wildman–Crippen LogP) is 0.779. The normalized spacial score (nSPS) is 9.61. The molecule has 0 aliphatic rings. The summed E-state index contributed by atoms with van der Waals surface area (Å²) in [4.78, 5) is 41.5. The Morgan fingerprint density at radius 1 is 1.06 bits per heavy atom. The fourth-order valence-corrected chi connectivity index (χ4v) is 1.17. The van der Waals surface area contributed by atoms with E-state index in [2.05, 4.69) is 0 Å². The van der Waals surface area contributed by atoms with E-state index in [9.17, 15) is 29.8 Å². The van der Waals surface area contributed by atoms with Gasteiger partial charge in [0, 0.05) is 19.1 Å². The SMILES string of the molecule is CC(=O)NC(=O)c1cc([N+](=O)[O-])cc([N+](=O)[O-])c1. The van der Waals surface area contributed by atoms with E-state index in [4.69, 9.17) is 0 Å². The van der Waals surface area contributed by atoms with E-state index in [1.807, 2.05) is 5.32 Å². The number of nitrogens with one attached hydrogen (secondary N) is 1. The summed E-state index contributed by atoms with van der Waals surface area (Å²) in [7, 11) is 0. The first-order chi connectivity index (χ1) is 8.31. The molecule has 0 saturated carbocycles. The van der Waals surface area contributed by atoms with Crippen LogP contribution in [0, 0.1) is 20.2 Å². The first-order valence-corrected chi connectivity index (χ1v) is 4.57. The molecule has 1 aromatic rings. The lowest BCUT2D eigenvalue weighted by Crippen LogP contribution is -2.28. The largest absolute Gasteiger partial charge is 0.293 e. The monoisotopic (exact) mass is 253 g/mol. The van der Waals surface area contributed by atoms with Gasteiger partial charge in [0.1, 0.15) is 0 Å². The van der Waals surface area contributed by atoms with Crippen molar-refractivity contribution in [3.8, 4) is 0 Å². The van der Waals surface area contributed by atoms with Gasteiger partial charge in [-0.3, -0.25) is 35.1 Å². The van der Waals surface area contributed by atoms with Crippen molar-refractivity contribution in [2.45, 2.75) is 6.92 Å². The second-order valence-corrected chi connectivity index (χ2v) is 3.26. The molecule has 1 aromatic carbocycles. The van der Waals surface area contributed by atoms with Gasteiger partial charge in [0.05, 0.1) is 21.5 Å². The van der Waals surface area contributed by atoms with Gasteiger partial charge >= 0.3 is 0 Å². The summed E-state index contributed by atoms with van der Waals surface area (Å²) in [6, 6.07) is 2.43. The quantitative estimate of drug-likeness (QED) is 0.625. The number of carbonyl (C=O) groups excluding carboxylic acids is 2. The number of nitrogens with zero attached hydrogens (tertiary/aromatic N) is 2. The Morgan fingerprint density at radius 3 is 1.83 bits per heavy atom. The van der Waals surface area contributed by atoms with Gasteiger partial charge in [-0.25, -0.2) is 0 Å². The van der Waals surface area contributed by atoms with Crippen LogP contribution in [0.3, 0.4) is 0 Å². The number of imide groups is 1. The van der Waals surface area contributed by atoms with E-state index in [1.54, 1.807) is 0 Å². The first-order valence-electron chi connectivity index (χ1n) is 4.57. The fraction of sp³-hybridized carbons (Fsp3) is 0.111. The molecule has 9 nitrogen and oxygen atoms in total. The first kappa shape index (κ1) is 13.2. The van der Waals surface area contributed by atoms with E-state index in [-0.39, 0.29) is 5.56 Å². The molecule has 0 bridgehead atoms. The molecule has 1 N–H and O–H groups in total. The maximum Gasteiger partial charge on any atom is 0.277 e. The second kappa shape index (κ2) is 4.99. The molecular formula is C9H7N3O6. The third-order valence-electron chi connectivity index (χ3n) is 1.88. The molecule has 1 rings (SSSR count). The number of benzene rings is 1. The molecule has 0 heterocycles. The van der Waals surface area contributed by atoms with Crippen molar-refractivity contribution in [2.75, 3.05) is 0 Å². The van der Waals surface area contributed by atoms with Crippen molar-refractivity contribution in [3.05, 3.63) is 44.0 Å². The van der Waals surface area contributed by atoms with Gasteiger partial charge in [-0.15, -0.1) is 0 Å². The third-order valence-corrected chi connectivity index (χ3v) is 1.88. The zero-order valence-corrected chi connectivity index (χ0v) is 9.08. The van der Waals surface area contributed by atoms with Gasteiger partial charge < -0.3 is 0 Å². The Balaban J connectivity index is 3.27. The molecular weight excluding hydrogens is 246 g/mol. The van der Waals surface area contributed by atoms with Gasteiger partial charge in [0.25, 0.3) is 17.3 Å². The van der Waals surface area contributed by atoms with Crippen LogP contribution in [0.15, 0.2) is 18.2 Å². The van der Waals surface area contributed by atoms with Crippen molar-refractivity contribution in [2.24, 2.45) is 0 Å². The fourth-order valence-electron chi connectivity index (χ4n) is 1.17. The molecule has 9 heteroatoms. The standard InChI is InChI=1S/C9H7N3O6/c1-5(13)10-9(14)6-2-7(11(15)16)4-8(3-6)12(17)18/h2-4H,1H3,(H,10,13,14). The van der Waals surface area contributed by atoms with E-state index in [0.29, 0.717) is 0 Å². The van der Waals surface area contributed by atoms with E-state index < -0.39 is 33.0 Å². The minimum absolute atomic E-state index is 0.328. The lowest BCUT2D eigenvalue weighted by Gasteiger charge is -2.01. The molecule has 94 valence electrons. The number of nitro benzene ring substituents is 2. The Morgan fingerprint density at radius 2 is 1.50 bits per heavy atom. The highest BCUT2D eigenvalue weighted by Gasteiger charge is 2.20. The molecule has 2 amide bonds. The van der Waals surface area contributed by atoms with Crippen LogP contribution < -0.4 is 5.32 Å². The molecule has 0 spiro atoms. The Labute approximate surface area is 99.7 Å². The van der Waals surface area contributed by atoms with E-state index >= 15 is 0 Å². The highest BCUT2D eigenvalue weighted by atomic mass is 16.6. The lowest BCUT2D eigenvalue weighted by atomic mass is 10.1. The molecule has 0 atom stereocenters. The van der Waals surface area contributed by atoms with Crippen molar-refractivity contribution in [3.63, 3.8) is 0 Å². The number of rotatable bonds is 3. The van der Waals surface area contributed by atoms with Gasteiger partial charge in [-0.2, -0.15) is 0 Å². The highest BCUT2D eigenvalue weighted by molar-refractivity contribution is 6.04. The van der Waals surface area contributed by atoms with Crippen LogP contribution in [0.1, 0.15) is 17.3 Å². The average molecular weight is 253 g/mol. The minimum Gasteiger partial charge on any atom is -0.293 e. The molecule has 0 aliphatic carbocycles. The van der Waals surface area contributed by atoms with E-state index in [0.717, 1.165) is 25.1 Å². The topological polar surface area (TPSA) is 132 Å². The van der Waals surface area contributed by atoms with E-state index in [1.165, 1.54) is 0 Å². The highest BCUT2D eigenvalue weighted by Crippen LogP contribution is 2.22. The summed E-state index contributed by atoms with van der Waals surface area (Å²) < 4.78 is 0. The molecule has 18 heavy (non-hydrogen) atoms. The number of nitro groups is 2. The summed E-state index contributed by atoms with van der Waals surface area (Å²) in [5.41, 5.74) is -1.53. The number of hydrogen-bond acceptors (Lipinski definition) is 6. The van der Waals surface area contributed by atoms with Crippen LogP contribution in [-0.4, -0.2) is 21.7 Å². The molecule has 0 fully saturated rings. The molecule has 0 aliphatic heterocycles. The van der Waals surface area contributed by atoms with Crippen molar-refractivity contribution in [1.82, 2.24) is 5.32 Å². The van der Waals surface area contributed by atoms with Crippen LogP contribution in [0.4, 0.5) is 11.4 Å². The smallest absolute Gasteiger partial charge is 0.277 e. The number of non-ortho nitro benzene ring substituents is 2. The van der Waals surface area contributed by atoms with Gasteiger partial charge in [0.2, 0.25) is 5.91 Å². The van der Waals surface area contributed by atoms with Gasteiger partial charge in [0.15, 0.2) is 0 Å². The minimum atomic E-state index is -0.936. The van der Waals surface area contributed by atoms with Gasteiger partial charge in [-0.05, 0) is 0 Å². The van der Waals surface area contributed by atoms with Crippen LogP contribution in [0.25, 0.3) is 0 Å². The molecule has 0 aromatic heterocycles. The summed E-state index contributed by atoms with van der Waals surface area (Å²) in [5.74, 6) is -1.61. The number of amides is 2. The Bertz CT molecular complexity index is 521. The van der Waals surface area contributed by atoms with Crippen molar-refractivity contribution < 1.29 is 19.4 Å². The molecule has 0 radical (unpaired) electrons. The van der Waals surface area contributed by atoms with Crippen molar-refractivity contribution >= 4 is 23.2 Å². The van der Waals surface area contributed by atoms with Crippen molar-refractivity contribution in [1.29, 1.82) is 0 Å².